The Bertz CT molecular complexity index is 1080. The summed E-state index contributed by atoms with van der Waals surface area (Å²) in [4.78, 5) is 15.3. The number of pyridine rings is 1. The Balaban J connectivity index is 1.78. The third kappa shape index (κ3) is 4.67. The van der Waals surface area contributed by atoms with Crippen molar-refractivity contribution < 1.29 is 40.3 Å². The molecule has 2 aromatic carbocycles. The van der Waals surface area contributed by atoms with Crippen LogP contribution in [0.25, 0.3) is 0 Å². The molecule has 1 amide bonds. The number of carbonyl (C=O) groups is 1. The van der Waals surface area contributed by atoms with E-state index in [0.29, 0.717) is 18.3 Å². The lowest BCUT2D eigenvalue weighted by atomic mass is 10.1. The van der Waals surface area contributed by atoms with E-state index >= 15 is 0 Å². The molecule has 0 atom stereocenters. The first-order valence-electron chi connectivity index (χ1n) is 8.01. The highest BCUT2D eigenvalue weighted by atomic mass is 19.4. The summed E-state index contributed by atoms with van der Waals surface area (Å²) in [5.41, 5.74) is -2.43. The topological polar surface area (TPSA) is 51.2 Å². The van der Waals surface area contributed by atoms with Crippen molar-refractivity contribution in [2.75, 3.05) is 5.32 Å². The normalized spacial score (nSPS) is 11.3. The number of aromatic nitrogens is 1. The van der Waals surface area contributed by atoms with Gasteiger partial charge in [0.15, 0.2) is 0 Å². The van der Waals surface area contributed by atoms with Crippen LogP contribution in [0.4, 0.5) is 36.4 Å². The third-order valence-electron chi connectivity index (χ3n) is 3.68. The number of rotatable bonds is 4. The van der Waals surface area contributed by atoms with E-state index in [1.807, 2.05) is 0 Å². The van der Waals surface area contributed by atoms with Crippen LogP contribution >= 0.6 is 0 Å². The molecule has 0 unspecified atom stereocenters. The molecule has 1 N–H and O–H groups in total. The Morgan fingerprint density at radius 3 is 2.07 bits per heavy atom. The molecule has 0 aliphatic rings. The van der Waals surface area contributed by atoms with Crippen LogP contribution in [0, 0.1) is 23.3 Å². The number of alkyl halides is 3. The van der Waals surface area contributed by atoms with Gasteiger partial charge in [-0.3, -0.25) is 4.79 Å². The zero-order valence-corrected chi connectivity index (χ0v) is 14.5. The van der Waals surface area contributed by atoms with E-state index < -0.39 is 52.4 Å². The fourth-order valence-electron chi connectivity index (χ4n) is 2.38. The highest BCUT2D eigenvalue weighted by molar-refractivity contribution is 6.04. The lowest BCUT2D eigenvalue weighted by Gasteiger charge is -2.13. The minimum absolute atomic E-state index is 0.0126. The number of hydrogen-bond donors (Lipinski definition) is 1. The molecular formula is C19H9F7N2O2. The number of ether oxygens (including phenoxy) is 1. The molecule has 11 heteroatoms. The molecule has 0 radical (unpaired) electrons. The number of halogens is 7. The Morgan fingerprint density at radius 2 is 1.50 bits per heavy atom. The zero-order chi connectivity index (χ0) is 22.1. The molecule has 0 aliphatic carbocycles. The molecule has 0 fully saturated rings. The number of carbonyl (C=O) groups excluding carboxylic acids is 1. The van der Waals surface area contributed by atoms with Crippen LogP contribution < -0.4 is 10.1 Å². The minimum Gasteiger partial charge on any atom is -0.438 e. The zero-order valence-electron chi connectivity index (χ0n) is 14.5. The number of nitrogens with zero attached hydrogens (tertiary/aromatic N) is 1. The average molecular weight is 430 g/mol. The summed E-state index contributed by atoms with van der Waals surface area (Å²) in [5, 5.41) is 2.15. The standard InChI is InChI=1S/C19H9F7N2O2/c20-9-6-14(22)16(15(23)7-9)17(29)28-11-1-3-12(4-2-11)30-18-13(19(24,25)26)5-10(21)8-27-18/h1-8H,(H,28,29). The van der Waals surface area contributed by atoms with Gasteiger partial charge in [0.25, 0.3) is 5.91 Å². The molecular weight excluding hydrogens is 421 g/mol. The van der Waals surface area contributed by atoms with Crippen molar-refractivity contribution in [3.05, 3.63) is 83.1 Å². The molecule has 4 nitrogen and oxygen atoms in total. The first-order chi connectivity index (χ1) is 14.0. The van der Waals surface area contributed by atoms with Gasteiger partial charge in [-0.25, -0.2) is 22.5 Å². The summed E-state index contributed by atoms with van der Waals surface area (Å²) in [6.45, 7) is 0. The van der Waals surface area contributed by atoms with Crippen molar-refractivity contribution in [3.8, 4) is 11.6 Å². The summed E-state index contributed by atoms with van der Waals surface area (Å²) in [6, 6.07) is 5.51. The Kier molecular flexibility index (Phi) is 5.63. The Labute approximate surface area is 163 Å². The first-order valence-corrected chi connectivity index (χ1v) is 8.01. The summed E-state index contributed by atoms with van der Waals surface area (Å²) < 4.78 is 97.2. The van der Waals surface area contributed by atoms with E-state index in [9.17, 15) is 35.5 Å². The molecule has 0 bridgehead atoms. The van der Waals surface area contributed by atoms with Crippen molar-refractivity contribution >= 4 is 11.6 Å². The van der Waals surface area contributed by atoms with Gasteiger partial charge in [-0.1, -0.05) is 0 Å². The average Bonchev–Trinajstić information content (AvgIpc) is 2.63. The molecule has 0 aliphatic heterocycles. The smallest absolute Gasteiger partial charge is 0.421 e. The quantitative estimate of drug-likeness (QED) is 0.541. The van der Waals surface area contributed by atoms with Crippen LogP contribution in [0.2, 0.25) is 0 Å². The predicted octanol–water partition coefficient (Wildman–Crippen LogP) is 5.70. The monoisotopic (exact) mass is 430 g/mol. The second-order valence-corrected chi connectivity index (χ2v) is 5.83. The van der Waals surface area contributed by atoms with E-state index in [1.54, 1.807) is 0 Å². The van der Waals surface area contributed by atoms with Gasteiger partial charge in [0.1, 0.15) is 40.1 Å². The van der Waals surface area contributed by atoms with Crippen molar-refractivity contribution in [3.63, 3.8) is 0 Å². The third-order valence-corrected chi connectivity index (χ3v) is 3.68. The van der Waals surface area contributed by atoms with Crippen LogP contribution in [-0.2, 0) is 6.18 Å². The molecule has 30 heavy (non-hydrogen) atoms. The summed E-state index contributed by atoms with van der Waals surface area (Å²) in [7, 11) is 0. The van der Waals surface area contributed by atoms with Gasteiger partial charge in [-0.05, 0) is 30.3 Å². The van der Waals surface area contributed by atoms with Gasteiger partial charge >= 0.3 is 6.18 Å². The summed E-state index contributed by atoms with van der Waals surface area (Å²) >= 11 is 0. The molecule has 3 rings (SSSR count). The molecule has 0 saturated heterocycles. The molecule has 3 aromatic rings. The van der Waals surface area contributed by atoms with E-state index in [0.717, 1.165) is 12.1 Å². The van der Waals surface area contributed by atoms with Crippen LogP contribution in [-0.4, -0.2) is 10.9 Å². The van der Waals surface area contributed by atoms with Crippen LogP contribution in [0.1, 0.15) is 15.9 Å². The fraction of sp³-hybridized carbons (Fsp3) is 0.0526. The highest BCUT2D eigenvalue weighted by Crippen LogP contribution is 2.37. The number of nitrogens with one attached hydrogen (secondary N) is 1. The van der Waals surface area contributed by atoms with Crippen molar-refractivity contribution in [2.45, 2.75) is 6.18 Å². The number of amides is 1. The maximum Gasteiger partial charge on any atom is 0.421 e. The lowest BCUT2D eigenvalue weighted by molar-refractivity contribution is -0.139. The van der Waals surface area contributed by atoms with Gasteiger partial charge in [-0.15, -0.1) is 0 Å². The second-order valence-electron chi connectivity index (χ2n) is 5.83. The van der Waals surface area contributed by atoms with Crippen molar-refractivity contribution in [1.82, 2.24) is 4.98 Å². The van der Waals surface area contributed by atoms with E-state index in [2.05, 4.69) is 10.3 Å². The highest BCUT2D eigenvalue weighted by Gasteiger charge is 2.36. The van der Waals surface area contributed by atoms with Gasteiger partial charge < -0.3 is 10.1 Å². The van der Waals surface area contributed by atoms with Gasteiger partial charge in [0.2, 0.25) is 5.88 Å². The van der Waals surface area contributed by atoms with Crippen LogP contribution in [0.15, 0.2) is 48.7 Å². The summed E-state index contributed by atoms with van der Waals surface area (Å²) in [5.74, 6) is -7.46. The molecule has 1 heterocycles. The Hall–Kier alpha value is -3.63. The number of benzene rings is 2. The molecule has 156 valence electrons. The number of hydrogen-bond acceptors (Lipinski definition) is 3. The maximum atomic E-state index is 13.6. The number of anilines is 1. The van der Waals surface area contributed by atoms with Gasteiger partial charge in [-0.2, -0.15) is 13.2 Å². The van der Waals surface area contributed by atoms with Gasteiger partial charge in [0, 0.05) is 17.8 Å². The summed E-state index contributed by atoms with van der Waals surface area (Å²) in [6.07, 6.45) is -4.37. The molecule has 1 aromatic heterocycles. The maximum absolute atomic E-state index is 13.6. The largest absolute Gasteiger partial charge is 0.438 e. The van der Waals surface area contributed by atoms with E-state index in [1.165, 1.54) is 12.1 Å². The first kappa shape index (κ1) is 21.1. The Morgan fingerprint density at radius 1 is 0.900 bits per heavy atom. The predicted molar refractivity (Wildman–Crippen MR) is 90.0 cm³/mol. The molecule has 0 spiro atoms. The SMILES string of the molecule is O=C(Nc1ccc(Oc2ncc(F)cc2C(F)(F)F)cc1)c1c(F)cc(F)cc1F. The van der Waals surface area contributed by atoms with Crippen molar-refractivity contribution in [2.24, 2.45) is 0 Å². The molecule has 0 saturated carbocycles. The van der Waals surface area contributed by atoms with E-state index in [4.69, 9.17) is 4.74 Å². The lowest BCUT2D eigenvalue weighted by Crippen LogP contribution is -2.16. The fourth-order valence-corrected chi connectivity index (χ4v) is 2.38. The van der Waals surface area contributed by atoms with Crippen LogP contribution in [0.5, 0.6) is 11.6 Å². The van der Waals surface area contributed by atoms with E-state index in [-0.39, 0.29) is 17.5 Å². The van der Waals surface area contributed by atoms with Gasteiger partial charge in [0.05, 0.1) is 6.20 Å². The van der Waals surface area contributed by atoms with Crippen molar-refractivity contribution in [1.29, 1.82) is 0 Å². The van der Waals surface area contributed by atoms with Crippen LogP contribution in [0.3, 0.4) is 0 Å². The minimum atomic E-state index is -4.92. The second kappa shape index (κ2) is 8.01.